The Morgan fingerprint density at radius 1 is 1.20 bits per heavy atom. The number of carbonyl (C=O) groups is 1. The largest absolute Gasteiger partial charge is 0.326 e. The van der Waals surface area contributed by atoms with E-state index in [1.165, 1.54) is 38.5 Å². The number of hydrogen-bond donors (Lipinski definition) is 1. The first-order valence-corrected chi connectivity index (χ1v) is 8.69. The van der Waals surface area contributed by atoms with Crippen molar-refractivity contribution in [2.45, 2.75) is 90.3 Å². The van der Waals surface area contributed by atoms with Crippen LogP contribution in [0.2, 0.25) is 0 Å². The molecule has 2 rings (SSSR count). The zero-order valence-corrected chi connectivity index (χ0v) is 13.6. The standard InChI is InChI=1S/C17H32N2O/c1-4-9-15-18-17(3,5-2)16(20)19(15)13-12-14-10-7-6-8-11-14/h14-15,18H,4-13H2,1-3H3. The molecule has 0 aromatic rings. The monoisotopic (exact) mass is 280 g/mol. The van der Waals surface area contributed by atoms with Gasteiger partial charge >= 0.3 is 0 Å². The topological polar surface area (TPSA) is 32.3 Å². The molecule has 2 atom stereocenters. The summed E-state index contributed by atoms with van der Waals surface area (Å²) in [5.41, 5.74) is -0.327. The number of nitrogens with one attached hydrogen (secondary N) is 1. The van der Waals surface area contributed by atoms with Crippen LogP contribution in [-0.2, 0) is 4.79 Å². The van der Waals surface area contributed by atoms with Crippen molar-refractivity contribution in [3.8, 4) is 0 Å². The summed E-state index contributed by atoms with van der Waals surface area (Å²) in [4.78, 5) is 14.8. The van der Waals surface area contributed by atoms with Crippen LogP contribution < -0.4 is 5.32 Å². The van der Waals surface area contributed by atoms with Crippen LogP contribution in [0.3, 0.4) is 0 Å². The van der Waals surface area contributed by atoms with E-state index in [1.807, 2.05) is 0 Å². The fourth-order valence-corrected chi connectivity index (χ4v) is 3.78. The molecule has 0 aromatic carbocycles. The van der Waals surface area contributed by atoms with E-state index >= 15 is 0 Å². The molecule has 0 radical (unpaired) electrons. The van der Waals surface area contributed by atoms with E-state index in [0.717, 1.165) is 31.7 Å². The van der Waals surface area contributed by atoms with Crippen LogP contribution in [0, 0.1) is 5.92 Å². The molecule has 20 heavy (non-hydrogen) atoms. The Bertz CT molecular complexity index is 325. The van der Waals surface area contributed by atoms with Crippen molar-refractivity contribution >= 4 is 5.91 Å². The highest BCUT2D eigenvalue weighted by Crippen LogP contribution is 2.30. The smallest absolute Gasteiger partial charge is 0.243 e. The highest BCUT2D eigenvalue weighted by molar-refractivity contribution is 5.88. The fraction of sp³-hybridized carbons (Fsp3) is 0.941. The molecule has 1 saturated heterocycles. The van der Waals surface area contributed by atoms with Crippen LogP contribution >= 0.6 is 0 Å². The van der Waals surface area contributed by atoms with E-state index in [4.69, 9.17) is 0 Å². The Kier molecular flexibility index (Phi) is 5.48. The van der Waals surface area contributed by atoms with Crippen molar-refractivity contribution in [2.24, 2.45) is 5.92 Å². The summed E-state index contributed by atoms with van der Waals surface area (Å²) in [5.74, 6) is 1.18. The van der Waals surface area contributed by atoms with Crippen LogP contribution in [0.15, 0.2) is 0 Å². The first-order valence-electron chi connectivity index (χ1n) is 8.69. The third-order valence-corrected chi connectivity index (χ3v) is 5.37. The van der Waals surface area contributed by atoms with Gasteiger partial charge in [0.1, 0.15) is 0 Å². The predicted molar refractivity (Wildman–Crippen MR) is 83.4 cm³/mol. The zero-order chi connectivity index (χ0) is 14.6. The molecule has 1 heterocycles. The van der Waals surface area contributed by atoms with Gasteiger partial charge in [-0.15, -0.1) is 0 Å². The molecule has 2 fully saturated rings. The van der Waals surface area contributed by atoms with Gasteiger partial charge < -0.3 is 4.90 Å². The van der Waals surface area contributed by atoms with E-state index in [-0.39, 0.29) is 11.7 Å². The molecular weight excluding hydrogens is 248 g/mol. The number of nitrogens with zero attached hydrogens (tertiary/aromatic N) is 1. The third-order valence-electron chi connectivity index (χ3n) is 5.37. The van der Waals surface area contributed by atoms with Gasteiger partial charge in [0, 0.05) is 6.54 Å². The molecule has 1 amide bonds. The maximum Gasteiger partial charge on any atom is 0.243 e. The van der Waals surface area contributed by atoms with E-state index in [9.17, 15) is 4.79 Å². The van der Waals surface area contributed by atoms with Crippen LogP contribution in [-0.4, -0.2) is 29.1 Å². The average molecular weight is 280 g/mol. The molecule has 116 valence electrons. The van der Waals surface area contributed by atoms with Gasteiger partial charge in [-0.3, -0.25) is 10.1 Å². The molecular formula is C17H32N2O. The summed E-state index contributed by atoms with van der Waals surface area (Å²) in [7, 11) is 0. The maximum atomic E-state index is 12.7. The Labute approximate surface area is 124 Å². The first-order chi connectivity index (χ1) is 9.60. The molecule has 1 saturated carbocycles. The van der Waals surface area contributed by atoms with Crippen molar-refractivity contribution in [3.05, 3.63) is 0 Å². The molecule has 1 aliphatic heterocycles. The van der Waals surface area contributed by atoms with Gasteiger partial charge in [-0.2, -0.15) is 0 Å². The van der Waals surface area contributed by atoms with Gasteiger partial charge in [-0.1, -0.05) is 52.4 Å². The third kappa shape index (κ3) is 3.36. The Morgan fingerprint density at radius 3 is 2.50 bits per heavy atom. The van der Waals surface area contributed by atoms with Crippen LogP contribution in [0.1, 0.15) is 78.6 Å². The maximum absolute atomic E-state index is 12.7. The molecule has 2 unspecified atom stereocenters. The second-order valence-corrected chi connectivity index (χ2v) is 6.93. The van der Waals surface area contributed by atoms with E-state index in [2.05, 4.69) is 31.0 Å². The van der Waals surface area contributed by atoms with E-state index in [0.29, 0.717) is 5.91 Å². The van der Waals surface area contributed by atoms with Gasteiger partial charge in [-0.05, 0) is 32.1 Å². The molecule has 1 N–H and O–H groups in total. The number of carbonyl (C=O) groups excluding carboxylic acids is 1. The summed E-state index contributed by atoms with van der Waals surface area (Å²) in [6.07, 6.45) is 11.5. The highest BCUT2D eigenvalue weighted by Gasteiger charge is 2.45. The second kappa shape index (κ2) is 6.93. The lowest BCUT2D eigenvalue weighted by Crippen LogP contribution is -2.43. The van der Waals surface area contributed by atoms with Crippen molar-refractivity contribution in [1.82, 2.24) is 10.2 Å². The van der Waals surface area contributed by atoms with Crippen molar-refractivity contribution in [3.63, 3.8) is 0 Å². The molecule has 3 heteroatoms. The van der Waals surface area contributed by atoms with Gasteiger partial charge in [0.05, 0.1) is 11.7 Å². The highest BCUT2D eigenvalue weighted by atomic mass is 16.2. The molecule has 0 bridgehead atoms. The number of rotatable bonds is 6. The summed E-state index contributed by atoms with van der Waals surface area (Å²) in [6, 6.07) is 0. The van der Waals surface area contributed by atoms with Crippen molar-refractivity contribution in [2.75, 3.05) is 6.54 Å². The molecule has 0 aromatic heterocycles. The molecule has 0 spiro atoms. The van der Waals surface area contributed by atoms with Gasteiger partial charge in [0.15, 0.2) is 0 Å². The number of amides is 1. The van der Waals surface area contributed by atoms with E-state index in [1.54, 1.807) is 0 Å². The Hall–Kier alpha value is -0.570. The van der Waals surface area contributed by atoms with Crippen LogP contribution in [0.5, 0.6) is 0 Å². The first kappa shape index (κ1) is 15.8. The molecule has 3 nitrogen and oxygen atoms in total. The summed E-state index contributed by atoms with van der Waals surface area (Å²) < 4.78 is 0. The molecule has 2 aliphatic rings. The second-order valence-electron chi connectivity index (χ2n) is 6.93. The quantitative estimate of drug-likeness (QED) is 0.805. The minimum atomic E-state index is -0.327. The minimum Gasteiger partial charge on any atom is -0.326 e. The zero-order valence-electron chi connectivity index (χ0n) is 13.6. The fourth-order valence-electron chi connectivity index (χ4n) is 3.78. The lowest BCUT2D eigenvalue weighted by Gasteiger charge is -2.28. The Balaban J connectivity index is 1.93. The number of hydrogen-bond acceptors (Lipinski definition) is 2. The Morgan fingerprint density at radius 2 is 1.90 bits per heavy atom. The summed E-state index contributed by atoms with van der Waals surface area (Å²) in [6.45, 7) is 7.33. The van der Waals surface area contributed by atoms with Crippen LogP contribution in [0.25, 0.3) is 0 Å². The lowest BCUT2D eigenvalue weighted by molar-refractivity contribution is -0.133. The van der Waals surface area contributed by atoms with Crippen molar-refractivity contribution in [1.29, 1.82) is 0 Å². The average Bonchev–Trinajstić information content (AvgIpc) is 2.71. The van der Waals surface area contributed by atoms with Gasteiger partial charge in [0.2, 0.25) is 5.91 Å². The van der Waals surface area contributed by atoms with Crippen molar-refractivity contribution < 1.29 is 4.79 Å². The normalized spacial score (nSPS) is 32.0. The van der Waals surface area contributed by atoms with Gasteiger partial charge in [-0.25, -0.2) is 0 Å². The lowest BCUT2D eigenvalue weighted by atomic mass is 9.87. The van der Waals surface area contributed by atoms with Crippen LogP contribution in [0.4, 0.5) is 0 Å². The molecule has 1 aliphatic carbocycles. The van der Waals surface area contributed by atoms with E-state index < -0.39 is 0 Å². The summed E-state index contributed by atoms with van der Waals surface area (Å²) >= 11 is 0. The van der Waals surface area contributed by atoms with Gasteiger partial charge in [0.25, 0.3) is 0 Å². The SMILES string of the molecule is CCCC1NC(C)(CC)C(=O)N1CCC1CCCCC1. The predicted octanol–water partition coefficient (Wildman–Crippen LogP) is 3.68. The summed E-state index contributed by atoms with van der Waals surface area (Å²) in [5, 5.41) is 3.58. The minimum absolute atomic E-state index is 0.265.